The maximum atomic E-state index is 12.1. The Labute approximate surface area is 149 Å². The highest BCUT2D eigenvalue weighted by atomic mass is 32.1. The van der Waals surface area contributed by atoms with Crippen molar-refractivity contribution in [3.63, 3.8) is 0 Å². The first-order chi connectivity index (χ1) is 12.1. The molecule has 0 radical (unpaired) electrons. The molecule has 0 aliphatic carbocycles. The zero-order valence-electron chi connectivity index (χ0n) is 13.9. The van der Waals surface area contributed by atoms with E-state index < -0.39 is 0 Å². The van der Waals surface area contributed by atoms with Crippen molar-refractivity contribution in [2.75, 3.05) is 10.6 Å². The molecule has 3 aromatic rings. The minimum absolute atomic E-state index is 0.358. The topological polar surface area (TPSA) is 92.7 Å². The fraction of sp³-hybridized carbons (Fsp3) is 0.235. The van der Waals surface area contributed by atoms with Crippen LogP contribution in [-0.2, 0) is 6.42 Å². The highest BCUT2D eigenvalue weighted by molar-refractivity contribution is 7.18. The van der Waals surface area contributed by atoms with E-state index >= 15 is 0 Å². The highest BCUT2D eigenvalue weighted by Crippen LogP contribution is 2.25. The van der Waals surface area contributed by atoms with Gasteiger partial charge in [-0.15, -0.1) is 10.2 Å². The largest absolute Gasteiger partial charge is 0.325 e. The van der Waals surface area contributed by atoms with Gasteiger partial charge >= 0.3 is 6.03 Å². The van der Waals surface area contributed by atoms with Gasteiger partial charge < -0.3 is 5.32 Å². The predicted molar refractivity (Wildman–Crippen MR) is 98.6 cm³/mol. The molecule has 0 fully saturated rings. The van der Waals surface area contributed by atoms with Crippen LogP contribution < -0.4 is 10.6 Å². The number of benzene rings is 1. The van der Waals surface area contributed by atoms with E-state index in [0.29, 0.717) is 16.1 Å². The van der Waals surface area contributed by atoms with Crippen LogP contribution in [0.25, 0.3) is 10.6 Å². The normalized spacial score (nSPS) is 10.7. The van der Waals surface area contributed by atoms with Crippen LogP contribution in [0.2, 0.25) is 0 Å². The zero-order chi connectivity index (χ0) is 17.6. The van der Waals surface area contributed by atoms with Gasteiger partial charge in [0.15, 0.2) is 5.01 Å². The fourth-order valence-electron chi connectivity index (χ4n) is 2.25. The van der Waals surface area contributed by atoms with Crippen LogP contribution in [0.1, 0.15) is 19.4 Å². The second-order valence-electron chi connectivity index (χ2n) is 5.91. The molecule has 0 unspecified atom stereocenters. The lowest BCUT2D eigenvalue weighted by Crippen LogP contribution is -2.19. The lowest BCUT2D eigenvalue weighted by Gasteiger charge is -2.08. The van der Waals surface area contributed by atoms with E-state index in [1.54, 1.807) is 12.4 Å². The summed E-state index contributed by atoms with van der Waals surface area (Å²) in [5.41, 5.74) is 2.74. The summed E-state index contributed by atoms with van der Waals surface area (Å²) in [5.74, 6) is 0.601. The fourth-order valence-corrected chi connectivity index (χ4v) is 2.97. The molecule has 0 saturated carbocycles. The van der Waals surface area contributed by atoms with Crippen LogP contribution in [0.15, 0.2) is 43.0 Å². The van der Waals surface area contributed by atoms with Gasteiger partial charge in [0.2, 0.25) is 5.13 Å². The van der Waals surface area contributed by atoms with Gasteiger partial charge in [0, 0.05) is 23.6 Å². The molecule has 0 bridgehead atoms. The molecule has 8 heteroatoms. The summed E-state index contributed by atoms with van der Waals surface area (Å²) in [6.45, 7) is 4.36. The smallest absolute Gasteiger partial charge is 0.308 e. The Morgan fingerprint density at radius 2 is 1.80 bits per heavy atom. The second kappa shape index (κ2) is 7.80. The lowest BCUT2D eigenvalue weighted by molar-refractivity contribution is 0.262. The van der Waals surface area contributed by atoms with Gasteiger partial charge in [-0.2, -0.15) is 0 Å². The first kappa shape index (κ1) is 17.0. The predicted octanol–water partition coefficient (Wildman–Crippen LogP) is 3.84. The van der Waals surface area contributed by atoms with Crippen molar-refractivity contribution in [2.45, 2.75) is 20.3 Å². The summed E-state index contributed by atoms with van der Waals surface area (Å²) in [6.07, 6.45) is 5.76. The third-order valence-corrected chi connectivity index (χ3v) is 4.20. The van der Waals surface area contributed by atoms with Crippen molar-refractivity contribution < 1.29 is 4.79 Å². The number of amides is 2. The van der Waals surface area contributed by atoms with Gasteiger partial charge in [0.1, 0.15) is 6.33 Å². The third-order valence-electron chi connectivity index (χ3n) is 3.31. The van der Waals surface area contributed by atoms with Crippen LogP contribution in [0.3, 0.4) is 0 Å². The van der Waals surface area contributed by atoms with E-state index in [4.69, 9.17) is 0 Å². The molecule has 2 N–H and O–H groups in total. The Morgan fingerprint density at radius 1 is 1.08 bits per heavy atom. The van der Waals surface area contributed by atoms with Crippen molar-refractivity contribution in [3.8, 4) is 10.6 Å². The number of urea groups is 1. The number of rotatable bonds is 5. The molecule has 0 spiro atoms. The third kappa shape index (κ3) is 4.80. The molecule has 0 atom stereocenters. The van der Waals surface area contributed by atoms with Crippen LogP contribution in [0, 0.1) is 5.92 Å². The van der Waals surface area contributed by atoms with E-state index in [-0.39, 0.29) is 6.03 Å². The Bertz CT molecular complexity index is 832. The molecule has 0 aliphatic heterocycles. The Morgan fingerprint density at radius 3 is 2.48 bits per heavy atom. The minimum Gasteiger partial charge on any atom is -0.308 e. The number of nitrogens with one attached hydrogen (secondary N) is 2. The lowest BCUT2D eigenvalue weighted by atomic mass is 10.0. The Balaban J connectivity index is 1.58. The van der Waals surface area contributed by atoms with E-state index in [2.05, 4.69) is 44.6 Å². The number of hydrogen-bond acceptors (Lipinski definition) is 6. The molecule has 0 aliphatic rings. The molecule has 128 valence electrons. The highest BCUT2D eigenvalue weighted by Gasteiger charge is 2.10. The van der Waals surface area contributed by atoms with E-state index in [0.717, 1.165) is 17.7 Å². The first-order valence-corrected chi connectivity index (χ1v) is 8.67. The molecule has 7 nitrogen and oxygen atoms in total. The maximum absolute atomic E-state index is 12.1. The number of hydrogen-bond donors (Lipinski definition) is 2. The molecule has 2 amide bonds. The molecule has 2 aromatic heterocycles. The van der Waals surface area contributed by atoms with Crippen LogP contribution >= 0.6 is 11.3 Å². The summed E-state index contributed by atoms with van der Waals surface area (Å²) in [6, 6.07) is 7.47. The summed E-state index contributed by atoms with van der Waals surface area (Å²) in [4.78, 5) is 20.0. The number of carbonyl (C=O) groups is 1. The molecule has 1 aromatic carbocycles. The molecule has 0 saturated heterocycles. The second-order valence-corrected chi connectivity index (χ2v) is 6.89. The first-order valence-electron chi connectivity index (χ1n) is 7.86. The Kier molecular flexibility index (Phi) is 5.30. The van der Waals surface area contributed by atoms with Gasteiger partial charge in [-0.3, -0.25) is 5.32 Å². The van der Waals surface area contributed by atoms with Crippen LogP contribution in [0.5, 0.6) is 0 Å². The standard InChI is InChI=1S/C17H18N6OS/c1-11(2)7-12-3-5-14(6-4-12)20-16(24)21-17-23-22-15(25-17)13-8-18-10-19-9-13/h3-6,8-11H,7H2,1-2H3,(H2,20,21,23,24). The van der Waals surface area contributed by atoms with Crippen molar-refractivity contribution in [2.24, 2.45) is 5.92 Å². The van der Waals surface area contributed by atoms with Crippen molar-refractivity contribution in [1.82, 2.24) is 20.2 Å². The number of anilines is 2. The average molecular weight is 354 g/mol. The average Bonchev–Trinajstić information content (AvgIpc) is 3.05. The van der Waals surface area contributed by atoms with Crippen molar-refractivity contribution in [3.05, 3.63) is 48.5 Å². The summed E-state index contributed by atoms with van der Waals surface area (Å²) < 4.78 is 0. The van der Waals surface area contributed by atoms with Crippen LogP contribution in [0.4, 0.5) is 15.6 Å². The van der Waals surface area contributed by atoms with Gasteiger partial charge in [-0.25, -0.2) is 14.8 Å². The number of nitrogens with zero attached hydrogens (tertiary/aromatic N) is 4. The van der Waals surface area contributed by atoms with Gasteiger partial charge in [0.05, 0.1) is 0 Å². The zero-order valence-corrected chi connectivity index (χ0v) is 14.7. The van der Waals surface area contributed by atoms with Crippen molar-refractivity contribution in [1.29, 1.82) is 0 Å². The Hall–Kier alpha value is -2.87. The van der Waals surface area contributed by atoms with Gasteiger partial charge in [-0.05, 0) is 30.0 Å². The number of carbonyl (C=O) groups excluding carboxylic acids is 1. The minimum atomic E-state index is -0.358. The quantitative estimate of drug-likeness (QED) is 0.726. The van der Waals surface area contributed by atoms with Crippen molar-refractivity contribution >= 4 is 28.2 Å². The van der Waals surface area contributed by atoms with E-state index in [9.17, 15) is 4.79 Å². The van der Waals surface area contributed by atoms with E-state index in [1.807, 2.05) is 24.3 Å². The molecule has 25 heavy (non-hydrogen) atoms. The molecular weight excluding hydrogens is 336 g/mol. The molecule has 2 heterocycles. The molecular formula is C17H18N6OS. The van der Waals surface area contributed by atoms with E-state index in [1.165, 1.54) is 23.2 Å². The monoisotopic (exact) mass is 354 g/mol. The summed E-state index contributed by atoms with van der Waals surface area (Å²) in [5, 5.41) is 14.5. The number of aromatic nitrogens is 4. The molecule has 3 rings (SSSR count). The van der Waals surface area contributed by atoms with Crippen LogP contribution in [-0.4, -0.2) is 26.2 Å². The van der Waals surface area contributed by atoms with Gasteiger partial charge in [0.25, 0.3) is 0 Å². The van der Waals surface area contributed by atoms with Gasteiger partial charge in [-0.1, -0.05) is 37.3 Å². The maximum Gasteiger partial charge on any atom is 0.325 e. The summed E-state index contributed by atoms with van der Waals surface area (Å²) in [7, 11) is 0. The SMILES string of the molecule is CC(C)Cc1ccc(NC(=O)Nc2nnc(-c3cncnc3)s2)cc1. The summed E-state index contributed by atoms with van der Waals surface area (Å²) >= 11 is 1.26.